The van der Waals surface area contributed by atoms with Gasteiger partial charge in [0.1, 0.15) is 0 Å². The molecule has 1 atom stereocenters. The van der Waals surface area contributed by atoms with Gasteiger partial charge in [0.15, 0.2) is 23.4 Å². The van der Waals surface area contributed by atoms with Gasteiger partial charge >= 0.3 is 5.97 Å². The van der Waals surface area contributed by atoms with Crippen LogP contribution in [0.25, 0.3) is 0 Å². The largest absolute Gasteiger partial charge is 0.493 e. The number of esters is 1. The van der Waals surface area contributed by atoms with Gasteiger partial charge in [-0.3, -0.25) is 9.59 Å². The molecule has 0 unspecified atom stereocenters. The molecule has 0 aliphatic heterocycles. The highest BCUT2D eigenvalue weighted by Crippen LogP contribution is 2.36. The minimum absolute atomic E-state index is 0.119. The van der Waals surface area contributed by atoms with Crippen LogP contribution < -0.4 is 14.8 Å². The smallest absolute Gasteiger partial charge is 0.339 e. The van der Waals surface area contributed by atoms with Crippen molar-refractivity contribution in [3.05, 3.63) is 52.5 Å². The second-order valence-electron chi connectivity index (χ2n) is 6.10. The zero-order chi connectivity index (χ0) is 21.6. The Morgan fingerprint density at radius 3 is 2.48 bits per heavy atom. The van der Waals surface area contributed by atoms with Crippen LogP contribution in [-0.4, -0.2) is 37.5 Å². The van der Waals surface area contributed by atoms with E-state index in [2.05, 4.69) is 5.32 Å². The molecule has 0 aromatic heterocycles. The zero-order valence-electron chi connectivity index (χ0n) is 16.6. The third-order valence-corrected chi connectivity index (χ3v) is 4.22. The number of carbonyl (C=O) groups is 3. The predicted molar refractivity (Wildman–Crippen MR) is 109 cm³/mol. The van der Waals surface area contributed by atoms with Crippen molar-refractivity contribution >= 4 is 34.9 Å². The molecule has 0 fully saturated rings. The van der Waals surface area contributed by atoms with Crippen molar-refractivity contribution in [2.75, 3.05) is 19.0 Å². The fraction of sp³-hybridized carbons (Fsp3) is 0.286. The molecule has 2 rings (SSSR count). The molecule has 0 spiro atoms. The van der Waals surface area contributed by atoms with Crippen LogP contribution in [0.4, 0.5) is 5.69 Å². The molecule has 0 bridgehead atoms. The first-order valence-electron chi connectivity index (χ1n) is 8.90. The third-order valence-electron chi connectivity index (χ3n) is 3.94. The van der Waals surface area contributed by atoms with Crippen molar-refractivity contribution in [3.63, 3.8) is 0 Å². The highest BCUT2D eigenvalue weighted by Gasteiger charge is 2.22. The van der Waals surface area contributed by atoms with Gasteiger partial charge in [0.05, 0.1) is 24.3 Å². The standard InChI is InChI=1S/C21H22ClNO6/c1-5-28-19-17(22)10-15(11-18(19)27-4)21(26)29-13(3)20(25)23-16-8-6-7-14(9-16)12(2)24/h6-11,13H,5H2,1-4H3,(H,23,25)/t13-/m0/s1. The van der Waals surface area contributed by atoms with Gasteiger partial charge in [-0.15, -0.1) is 0 Å². The van der Waals surface area contributed by atoms with Crippen molar-refractivity contribution in [2.24, 2.45) is 0 Å². The highest BCUT2D eigenvalue weighted by molar-refractivity contribution is 6.32. The van der Waals surface area contributed by atoms with Gasteiger partial charge in [-0.25, -0.2) is 4.79 Å². The zero-order valence-corrected chi connectivity index (χ0v) is 17.3. The SMILES string of the molecule is CCOc1c(Cl)cc(C(=O)O[C@@H](C)C(=O)Nc2cccc(C(C)=O)c2)cc1OC. The molecule has 1 N–H and O–H groups in total. The van der Waals surface area contributed by atoms with E-state index in [-0.39, 0.29) is 22.1 Å². The molecule has 1 amide bonds. The summed E-state index contributed by atoms with van der Waals surface area (Å²) < 4.78 is 15.8. The molecule has 0 aliphatic rings. The molecular weight excluding hydrogens is 398 g/mol. The molecule has 0 aliphatic carbocycles. The lowest BCUT2D eigenvalue weighted by molar-refractivity contribution is -0.123. The molecule has 0 radical (unpaired) electrons. The lowest BCUT2D eigenvalue weighted by Crippen LogP contribution is -2.30. The fourth-order valence-electron chi connectivity index (χ4n) is 2.46. The lowest BCUT2D eigenvalue weighted by atomic mass is 10.1. The van der Waals surface area contributed by atoms with E-state index in [0.717, 1.165) is 0 Å². The molecule has 0 heterocycles. The molecule has 29 heavy (non-hydrogen) atoms. The van der Waals surface area contributed by atoms with Crippen LogP contribution in [0.5, 0.6) is 11.5 Å². The number of methoxy groups -OCH3 is 1. The van der Waals surface area contributed by atoms with E-state index in [4.69, 9.17) is 25.8 Å². The maximum absolute atomic E-state index is 12.4. The normalized spacial score (nSPS) is 11.3. The summed E-state index contributed by atoms with van der Waals surface area (Å²) in [6, 6.07) is 9.29. The van der Waals surface area contributed by atoms with Crippen LogP contribution in [0, 0.1) is 0 Å². The van der Waals surface area contributed by atoms with Crippen molar-refractivity contribution in [2.45, 2.75) is 26.9 Å². The summed E-state index contributed by atoms with van der Waals surface area (Å²) in [5.41, 5.74) is 1.01. The van der Waals surface area contributed by atoms with Crippen LogP contribution in [-0.2, 0) is 9.53 Å². The number of halogens is 1. The van der Waals surface area contributed by atoms with Crippen LogP contribution in [0.15, 0.2) is 36.4 Å². The molecule has 0 saturated heterocycles. The summed E-state index contributed by atoms with van der Waals surface area (Å²) in [7, 11) is 1.43. The number of benzene rings is 2. The molecule has 8 heteroatoms. The van der Waals surface area contributed by atoms with Gasteiger partial charge in [0.2, 0.25) is 0 Å². The molecule has 2 aromatic rings. The van der Waals surface area contributed by atoms with Gasteiger partial charge in [0.25, 0.3) is 5.91 Å². The number of ether oxygens (including phenoxy) is 3. The van der Waals surface area contributed by atoms with E-state index in [0.29, 0.717) is 23.6 Å². The second-order valence-corrected chi connectivity index (χ2v) is 6.50. The topological polar surface area (TPSA) is 90.9 Å². The van der Waals surface area contributed by atoms with Crippen LogP contribution in [0.2, 0.25) is 5.02 Å². The summed E-state index contributed by atoms with van der Waals surface area (Å²) in [6.45, 7) is 5.04. The van der Waals surface area contributed by atoms with Gasteiger partial charge in [-0.1, -0.05) is 23.7 Å². The Morgan fingerprint density at radius 1 is 1.14 bits per heavy atom. The van der Waals surface area contributed by atoms with Gasteiger partial charge in [0, 0.05) is 11.3 Å². The quantitative estimate of drug-likeness (QED) is 0.511. The average Bonchev–Trinajstić information content (AvgIpc) is 2.69. The number of amides is 1. The van der Waals surface area contributed by atoms with Crippen molar-refractivity contribution in [1.29, 1.82) is 0 Å². The van der Waals surface area contributed by atoms with Crippen molar-refractivity contribution in [1.82, 2.24) is 0 Å². The van der Waals surface area contributed by atoms with Gasteiger partial charge in [-0.2, -0.15) is 0 Å². The minimum atomic E-state index is -1.08. The molecule has 0 saturated carbocycles. The number of carbonyl (C=O) groups excluding carboxylic acids is 3. The van der Waals surface area contributed by atoms with E-state index >= 15 is 0 Å². The molecular formula is C21H22ClNO6. The number of hydrogen-bond donors (Lipinski definition) is 1. The molecule has 154 valence electrons. The summed E-state index contributed by atoms with van der Waals surface area (Å²) in [5.74, 6) is -0.799. The Balaban J connectivity index is 2.10. The maximum Gasteiger partial charge on any atom is 0.339 e. The first kappa shape index (κ1) is 22.2. The number of Topliss-reactive ketones (excluding diaryl/α,β-unsaturated/α-hetero) is 1. The average molecular weight is 420 g/mol. The van der Waals surface area contributed by atoms with E-state index in [1.54, 1.807) is 31.2 Å². The van der Waals surface area contributed by atoms with Crippen molar-refractivity contribution in [3.8, 4) is 11.5 Å². The second kappa shape index (κ2) is 9.93. The first-order chi connectivity index (χ1) is 13.8. The molecule has 7 nitrogen and oxygen atoms in total. The minimum Gasteiger partial charge on any atom is -0.493 e. The van der Waals surface area contributed by atoms with E-state index in [1.165, 1.54) is 33.1 Å². The summed E-state index contributed by atoms with van der Waals surface area (Å²) in [4.78, 5) is 36.2. The van der Waals surface area contributed by atoms with E-state index in [9.17, 15) is 14.4 Å². The van der Waals surface area contributed by atoms with Crippen LogP contribution >= 0.6 is 11.6 Å². The maximum atomic E-state index is 12.4. The van der Waals surface area contributed by atoms with Gasteiger partial charge < -0.3 is 19.5 Å². The summed E-state index contributed by atoms with van der Waals surface area (Å²) >= 11 is 6.16. The van der Waals surface area contributed by atoms with Gasteiger partial charge in [-0.05, 0) is 45.0 Å². The Morgan fingerprint density at radius 2 is 1.86 bits per heavy atom. The van der Waals surface area contributed by atoms with Crippen LogP contribution in [0.1, 0.15) is 41.5 Å². The number of ketones is 1. The highest BCUT2D eigenvalue weighted by atomic mass is 35.5. The van der Waals surface area contributed by atoms with Crippen LogP contribution in [0.3, 0.4) is 0 Å². The Hall–Kier alpha value is -3.06. The Kier molecular flexibility index (Phi) is 7.61. The lowest BCUT2D eigenvalue weighted by Gasteiger charge is -2.16. The number of rotatable bonds is 8. The first-order valence-corrected chi connectivity index (χ1v) is 9.27. The predicted octanol–water partition coefficient (Wildman–Crippen LogP) is 4.13. The number of nitrogens with one attached hydrogen (secondary N) is 1. The van der Waals surface area contributed by atoms with E-state index < -0.39 is 18.0 Å². The summed E-state index contributed by atoms with van der Waals surface area (Å²) in [5, 5.41) is 2.81. The Bertz CT molecular complexity index is 927. The fourth-order valence-corrected chi connectivity index (χ4v) is 2.73. The van der Waals surface area contributed by atoms with Crippen molar-refractivity contribution < 1.29 is 28.6 Å². The Labute approximate surface area is 173 Å². The number of hydrogen-bond acceptors (Lipinski definition) is 6. The number of anilines is 1. The third kappa shape index (κ3) is 5.71. The van der Waals surface area contributed by atoms with E-state index in [1.807, 2.05) is 0 Å². The summed E-state index contributed by atoms with van der Waals surface area (Å²) in [6.07, 6.45) is -1.08. The monoisotopic (exact) mass is 419 g/mol. The molecule has 2 aromatic carbocycles.